The van der Waals surface area contributed by atoms with Gasteiger partial charge in [0.15, 0.2) is 0 Å². The maximum Gasteiger partial charge on any atom is 0.136 e. The van der Waals surface area contributed by atoms with Crippen LogP contribution in [0.15, 0.2) is 0 Å². The molecule has 98 valence electrons. The number of hydrogen-bond acceptors (Lipinski definition) is 3. The van der Waals surface area contributed by atoms with Gasteiger partial charge in [0, 0.05) is 12.7 Å². The number of ether oxygens (including phenoxy) is 2. The molecule has 0 aromatic rings. The van der Waals surface area contributed by atoms with Crippen molar-refractivity contribution >= 4 is 26.1 Å². The Morgan fingerprint density at radius 3 is 2.71 bits per heavy atom. The molecule has 0 aromatic heterocycles. The van der Waals surface area contributed by atoms with Crippen molar-refractivity contribution in [3.05, 3.63) is 0 Å². The molecule has 0 amide bonds. The van der Waals surface area contributed by atoms with Gasteiger partial charge in [-0.1, -0.05) is 11.8 Å². The van der Waals surface area contributed by atoms with Crippen molar-refractivity contribution in [2.75, 3.05) is 13.3 Å². The Balaban J connectivity index is 2.64. The highest BCUT2D eigenvalue weighted by Gasteiger charge is 2.43. The Kier molecular flexibility index (Phi) is 5.56. The van der Waals surface area contributed by atoms with Gasteiger partial charge in [-0.05, 0) is 13.8 Å². The van der Waals surface area contributed by atoms with Crippen LogP contribution in [-0.2, 0) is 21.3 Å². The van der Waals surface area contributed by atoms with E-state index in [-0.39, 0.29) is 12.7 Å². The van der Waals surface area contributed by atoms with E-state index in [2.05, 4.69) is 5.09 Å². The van der Waals surface area contributed by atoms with E-state index in [0.717, 1.165) is 0 Å². The molecule has 4 nitrogen and oxygen atoms in total. The lowest BCUT2D eigenvalue weighted by Crippen LogP contribution is -2.43. The summed E-state index contributed by atoms with van der Waals surface area (Å²) in [4.78, 5) is 9.59. The minimum absolute atomic E-state index is 0.0212. The predicted octanol–water partition coefficient (Wildman–Crippen LogP) is 0.533. The van der Waals surface area contributed by atoms with Crippen LogP contribution in [0.4, 0.5) is 4.39 Å². The van der Waals surface area contributed by atoms with Gasteiger partial charge >= 0.3 is 0 Å². The Morgan fingerprint density at radius 1 is 1.65 bits per heavy atom. The quantitative estimate of drug-likeness (QED) is 0.569. The fourth-order valence-electron chi connectivity index (χ4n) is 1.63. The highest BCUT2D eigenvalue weighted by molar-refractivity contribution is 8.10. The summed E-state index contributed by atoms with van der Waals surface area (Å²) >= 11 is 4.85. The van der Waals surface area contributed by atoms with Crippen molar-refractivity contribution in [1.82, 2.24) is 5.09 Å². The maximum absolute atomic E-state index is 13.8. The molecule has 1 saturated heterocycles. The summed E-state index contributed by atoms with van der Waals surface area (Å²) in [6, 6.07) is -1.72. The Bertz CT molecular complexity index is 304. The summed E-state index contributed by atoms with van der Waals surface area (Å²) in [5.41, 5.74) is 0. The zero-order chi connectivity index (χ0) is 13.2. The molecule has 1 aliphatic heterocycles. The number of nitrogens with one attached hydrogen (secondary N) is 1. The first kappa shape index (κ1) is 15.5. The van der Waals surface area contributed by atoms with Gasteiger partial charge in [0.2, 0.25) is 0 Å². The molecule has 1 aliphatic rings. The number of rotatable bonds is 5. The van der Waals surface area contributed by atoms with Gasteiger partial charge in [0.1, 0.15) is 20.4 Å². The van der Waals surface area contributed by atoms with Gasteiger partial charge in [0.05, 0.1) is 24.9 Å². The Labute approximate surface area is 108 Å². The van der Waals surface area contributed by atoms with Crippen LogP contribution < -0.4 is 5.09 Å². The van der Waals surface area contributed by atoms with Crippen molar-refractivity contribution in [3.63, 3.8) is 0 Å². The summed E-state index contributed by atoms with van der Waals surface area (Å²) in [5.74, 6) is 0. The summed E-state index contributed by atoms with van der Waals surface area (Å²) < 4.78 is 24.4. The molecule has 2 N–H and O–H groups in total. The van der Waals surface area contributed by atoms with E-state index in [1.54, 1.807) is 0 Å². The van der Waals surface area contributed by atoms with Crippen LogP contribution in [0.5, 0.6) is 0 Å². The monoisotopic (exact) mass is 281 g/mol. The third-order valence-corrected chi connectivity index (χ3v) is 3.47. The Hall–Kier alpha value is 0.485. The second-order valence-corrected chi connectivity index (χ2v) is 8.65. The first-order valence-electron chi connectivity index (χ1n) is 5.45. The van der Waals surface area contributed by atoms with E-state index in [0.29, 0.717) is 0 Å². The molecule has 8 heteroatoms. The third-order valence-electron chi connectivity index (χ3n) is 2.37. The maximum atomic E-state index is 13.8. The van der Waals surface area contributed by atoms with Crippen LogP contribution in [-0.4, -0.2) is 56.4 Å². The molecule has 0 aliphatic carbocycles. The molecule has 0 aromatic carbocycles. The SMILES string of the molecule is [B]C1OC(COC(C)C)C(NP(C)(O)=S)C1F. The van der Waals surface area contributed by atoms with E-state index in [4.69, 9.17) is 29.1 Å². The predicted molar refractivity (Wildman–Crippen MR) is 69.8 cm³/mol. The molecule has 0 spiro atoms. The van der Waals surface area contributed by atoms with Gasteiger partial charge in [-0.15, -0.1) is 0 Å². The van der Waals surface area contributed by atoms with Crippen LogP contribution in [0.2, 0.25) is 0 Å². The molecule has 1 fully saturated rings. The van der Waals surface area contributed by atoms with Crippen LogP contribution >= 0.6 is 6.42 Å². The third kappa shape index (κ3) is 4.93. The van der Waals surface area contributed by atoms with E-state index in [1.807, 2.05) is 13.8 Å². The van der Waals surface area contributed by atoms with Crippen LogP contribution in [0, 0.1) is 0 Å². The lowest BCUT2D eigenvalue weighted by Gasteiger charge is -2.24. The highest BCUT2D eigenvalue weighted by Crippen LogP contribution is 2.35. The van der Waals surface area contributed by atoms with Gasteiger partial charge in [-0.3, -0.25) is 5.09 Å². The van der Waals surface area contributed by atoms with Crippen molar-refractivity contribution in [2.24, 2.45) is 0 Å². The first-order chi connectivity index (χ1) is 7.70. The van der Waals surface area contributed by atoms with Gasteiger partial charge in [-0.2, -0.15) is 0 Å². The van der Waals surface area contributed by atoms with Gasteiger partial charge < -0.3 is 14.4 Å². The molecule has 0 saturated carbocycles. The van der Waals surface area contributed by atoms with Gasteiger partial charge in [-0.25, -0.2) is 4.39 Å². The number of alkyl halides is 1. The lowest BCUT2D eigenvalue weighted by atomic mass is 9.93. The van der Waals surface area contributed by atoms with Crippen molar-refractivity contribution in [2.45, 2.75) is 44.3 Å². The standard InChI is InChI=1S/C9H18BFNO3PS/c1-5(2)14-4-6-8(12-16(3,13)17)7(11)9(10)15-6/h5-9H,4H2,1-3H3,(H2,12,13,17). The molecule has 17 heavy (non-hydrogen) atoms. The Morgan fingerprint density at radius 2 is 2.24 bits per heavy atom. The highest BCUT2D eigenvalue weighted by atomic mass is 32.4. The summed E-state index contributed by atoms with van der Waals surface area (Å²) in [6.07, 6.45) is -4.62. The van der Waals surface area contributed by atoms with Crippen molar-refractivity contribution in [3.8, 4) is 0 Å². The summed E-state index contributed by atoms with van der Waals surface area (Å²) in [5, 5.41) is 2.69. The molecule has 2 radical (unpaired) electrons. The van der Waals surface area contributed by atoms with Crippen LogP contribution in [0.25, 0.3) is 0 Å². The molecular formula is C9H18BFNO3PS. The zero-order valence-corrected chi connectivity index (χ0v) is 11.9. The minimum atomic E-state index is -2.71. The van der Waals surface area contributed by atoms with Crippen LogP contribution in [0.1, 0.15) is 13.8 Å². The van der Waals surface area contributed by atoms with Crippen molar-refractivity contribution in [1.29, 1.82) is 0 Å². The fourth-order valence-corrected chi connectivity index (χ4v) is 2.86. The van der Waals surface area contributed by atoms with Gasteiger partial charge in [0.25, 0.3) is 0 Å². The number of halogens is 1. The zero-order valence-electron chi connectivity index (χ0n) is 10.2. The van der Waals surface area contributed by atoms with E-state index in [1.165, 1.54) is 6.66 Å². The lowest BCUT2D eigenvalue weighted by molar-refractivity contribution is -0.0213. The first-order valence-corrected chi connectivity index (χ1v) is 8.65. The molecule has 0 bridgehead atoms. The van der Waals surface area contributed by atoms with E-state index < -0.39 is 30.7 Å². The normalized spacial score (nSPS) is 37.3. The van der Waals surface area contributed by atoms with E-state index in [9.17, 15) is 9.28 Å². The smallest absolute Gasteiger partial charge is 0.136 e. The largest absolute Gasteiger partial charge is 0.378 e. The number of hydrogen-bond donors (Lipinski definition) is 2. The van der Waals surface area contributed by atoms with Crippen molar-refractivity contribution < 1.29 is 18.8 Å². The van der Waals surface area contributed by atoms with E-state index >= 15 is 0 Å². The topological polar surface area (TPSA) is 50.7 Å². The molecule has 1 heterocycles. The fraction of sp³-hybridized carbons (Fsp3) is 1.00. The molecule has 5 unspecified atom stereocenters. The molecule has 1 rings (SSSR count). The second-order valence-electron chi connectivity index (χ2n) is 4.50. The minimum Gasteiger partial charge on any atom is -0.378 e. The average molecular weight is 281 g/mol. The van der Waals surface area contributed by atoms with Crippen LogP contribution in [0.3, 0.4) is 0 Å². The second kappa shape index (κ2) is 6.09. The summed E-state index contributed by atoms with van der Waals surface area (Å²) in [6.45, 7) is 5.44. The summed E-state index contributed by atoms with van der Waals surface area (Å²) in [7, 11) is 5.49. The molecular weight excluding hydrogens is 263 g/mol. The average Bonchev–Trinajstić information content (AvgIpc) is 2.40. The molecule has 5 atom stereocenters.